The predicted octanol–water partition coefficient (Wildman–Crippen LogP) is 6.13. The third-order valence-corrected chi connectivity index (χ3v) is 6.55. The van der Waals surface area contributed by atoms with Crippen LogP contribution in [0.25, 0.3) is 10.8 Å². The molecule has 0 radical (unpaired) electrons. The second-order valence-corrected chi connectivity index (χ2v) is 9.75. The van der Waals surface area contributed by atoms with Gasteiger partial charge in [0, 0.05) is 21.4 Å². The Bertz CT molecular complexity index is 1380. The van der Waals surface area contributed by atoms with E-state index in [2.05, 4.69) is 10.0 Å². The van der Waals surface area contributed by atoms with Gasteiger partial charge in [-0.25, -0.2) is 8.42 Å². The van der Waals surface area contributed by atoms with Crippen LogP contribution in [0.1, 0.15) is 5.56 Å². The second-order valence-electron chi connectivity index (χ2n) is 7.19. The van der Waals surface area contributed by atoms with Crippen LogP contribution in [0.2, 0.25) is 10.0 Å². The van der Waals surface area contributed by atoms with Crippen LogP contribution in [-0.4, -0.2) is 14.3 Å². The molecule has 0 fully saturated rings. The van der Waals surface area contributed by atoms with Crippen molar-refractivity contribution < 1.29 is 13.2 Å². The van der Waals surface area contributed by atoms with E-state index in [4.69, 9.17) is 23.2 Å². The number of sulfonamides is 1. The third-order valence-electron chi connectivity index (χ3n) is 4.75. The fourth-order valence-electron chi connectivity index (χ4n) is 3.25. The summed E-state index contributed by atoms with van der Waals surface area (Å²) in [7, 11) is -3.85. The summed E-state index contributed by atoms with van der Waals surface area (Å²) in [5, 5.41) is 5.49. The zero-order valence-corrected chi connectivity index (χ0v) is 19.0. The molecule has 0 bridgehead atoms. The number of amides is 1. The molecule has 5 nitrogen and oxygen atoms in total. The molecule has 0 spiro atoms. The van der Waals surface area contributed by atoms with Gasteiger partial charge in [0.1, 0.15) is 0 Å². The number of carbonyl (C=O) groups is 1. The first-order chi connectivity index (χ1) is 15.3. The highest BCUT2D eigenvalue weighted by Gasteiger charge is 2.16. The van der Waals surface area contributed by atoms with Crippen molar-refractivity contribution in [2.75, 3.05) is 10.0 Å². The van der Waals surface area contributed by atoms with Crippen molar-refractivity contribution in [3.63, 3.8) is 0 Å². The summed E-state index contributed by atoms with van der Waals surface area (Å²) in [6.45, 7) is 0. The van der Waals surface area contributed by atoms with E-state index in [-0.39, 0.29) is 27.3 Å². The zero-order chi connectivity index (χ0) is 22.7. The first-order valence-corrected chi connectivity index (χ1v) is 11.9. The SMILES string of the molecule is O=C(Cc1ccc(NS(=O)(=O)c2cc(Cl)cc(Cl)c2)cc1)Nc1ccc2ccccc2c1. The number of rotatable bonds is 6. The van der Waals surface area contributed by atoms with Gasteiger partial charge in [-0.1, -0.05) is 65.7 Å². The standard InChI is InChI=1S/C24H18Cl2N2O3S/c25-19-13-20(26)15-23(14-19)32(30,31)28-21-8-5-16(6-9-21)11-24(29)27-22-10-7-17-3-1-2-4-18(17)12-22/h1-10,12-15,28H,11H2,(H,27,29). The summed E-state index contributed by atoms with van der Waals surface area (Å²) >= 11 is 11.8. The number of halogens is 2. The number of benzene rings is 4. The monoisotopic (exact) mass is 484 g/mol. The molecule has 0 aliphatic carbocycles. The van der Waals surface area contributed by atoms with Crippen LogP contribution in [0.5, 0.6) is 0 Å². The lowest BCUT2D eigenvalue weighted by Crippen LogP contribution is -2.15. The smallest absolute Gasteiger partial charge is 0.261 e. The molecule has 0 aliphatic rings. The van der Waals surface area contributed by atoms with Crippen LogP contribution in [0.3, 0.4) is 0 Å². The number of hydrogen-bond acceptors (Lipinski definition) is 3. The predicted molar refractivity (Wildman–Crippen MR) is 130 cm³/mol. The fraction of sp³-hybridized carbons (Fsp3) is 0.0417. The lowest BCUT2D eigenvalue weighted by atomic mass is 10.1. The van der Waals surface area contributed by atoms with E-state index in [1.807, 2.05) is 42.5 Å². The molecule has 8 heteroatoms. The van der Waals surface area contributed by atoms with Crippen molar-refractivity contribution in [2.24, 2.45) is 0 Å². The molecule has 0 aliphatic heterocycles. The van der Waals surface area contributed by atoms with Crippen molar-refractivity contribution in [2.45, 2.75) is 11.3 Å². The van der Waals surface area contributed by atoms with Crippen LogP contribution in [0.4, 0.5) is 11.4 Å². The van der Waals surface area contributed by atoms with Crippen LogP contribution < -0.4 is 10.0 Å². The minimum Gasteiger partial charge on any atom is -0.326 e. The zero-order valence-electron chi connectivity index (χ0n) is 16.7. The summed E-state index contributed by atoms with van der Waals surface area (Å²) in [6.07, 6.45) is 0.157. The van der Waals surface area contributed by atoms with Crippen molar-refractivity contribution in [3.05, 3.63) is 101 Å². The Labute approximate surface area is 196 Å². The van der Waals surface area contributed by atoms with Gasteiger partial charge in [-0.05, 0) is 58.8 Å². The Morgan fingerprint density at radius 1 is 0.750 bits per heavy atom. The lowest BCUT2D eigenvalue weighted by molar-refractivity contribution is -0.115. The molecule has 0 heterocycles. The van der Waals surface area contributed by atoms with E-state index in [9.17, 15) is 13.2 Å². The van der Waals surface area contributed by atoms with E-state index < -0.39 is 10.0 Å². The van der Waals surface area contributed by atoms with Gasteiger partial charge >= 0.3 is 0 Å². The van der Waals surface area contributed by atoms with Gasteiger partial charge in [0.05, 0.1) is 11.3 Å². The molecule has 0 unspecified atom stereocenters. The molecule has 4 aromatic rings. The van der Waals surface area contributed by atoms with E-state index in [1.54, 1.807) is 24.3 Å². The van der Waals surface area contributed by atoms with Crippen molar-refractivity contribution in [3.8, 4) is 0 Å². The minimum absolute atomic E-state index is 0.0335. The van der Waals surface area contributed by atoms with Crippen LogP contribution in [0.15, 0.2) is 89.8 Å². The molecule has 32 heavy (non-hydrogen) atoms. The van der Waals surface area contributed by atoms with E-state index in [0.29, 0.717) is 5.69 Å². The Morgan fingerprint density at radius 3 is 2.06 bits per heavy atom. The molecule has 2 N–H and O–H groups in total. The van der Waals surface area contributed by atoms with Gasteiger partial charge in [0.15, 0.2) is 0 Å². The molecule has 0 saturated carbocycles. The molecule has 0 saturated heterocycles. The Hall–Kier alpha value is -3.06. The molecular weight excluding hydrogens is 467 g/mol. The maximum Gasteiger partial charge on any atom is 0.261 e. The minimum atomic E-state index is -3.85. The first kappa shape index (κ1) is 22.1. The number of carbonyl (C=O) groups excluding carboxylic acids is 1. The van der Waals surface area contributed by atoms with Gasteiger partial charge in [-0.2, -0.15) is 0 Å². The van der Waals surface area contributed by atoms with E-state index >= 15 is 0 Å². The van der Waals surface area contributed by atoms with Crippen LogP contribution in [-0.2, 0) is 21.2 Å². The first-order valence-electron chi connectivity index (χ1n) is 9.65. The molecule has 0 atom stereocenters. The van der Waals surface area contributed by atoms with Crippen LogP contribution >= 0.6 is 23.2 Å². The summed E-state index contributed by atoms with van der Waals surface area (Å²) in [4.78, 5) is 12.4. The Morgan fingerprint density at radius 2 is 1.38 bits per heavy atom. The second kappa shape index (κ2) is 9.20. The lowest BCUT2D eigenvalue weighted by Gasteiger charge is -2.10. The van der Waals surface area contributed by atoms with Gasteiger partial charge in [-0.15, -0.1) is 0 Å². The molecule has 4 aromatic carbocycles. The Balaban J connectivity index is 1.41. The molecule has 162 valence electrons. The average Bonchev–Trinajstić information content (AvgIpc) is 2.74. The maximum atomic E-state index is 12.6. The molecule has 0 aromatic heterocycles. The Kier molecular flexibility index (Phi) is 6.37. The molecule has 1 amide bonds. The molecule has 4 rings (SSSR count). The number of anilines is 2. The highest BCUT2D eigenvalue weighted by molar-refractivity contribution is 7.92. The van der Waals surface area contributed by atoms with Gasteiger partial charge in [0.25, 0.3) is 10.0 Å². The van der Waals surface area contributed by atoms with E-state index in [0.717, 1.165) is 22.0 Å². The molecular formula is C24H18Cl2N2O3S. The average molecular weight is 485 g/mol. The van der Waals surface area contributed by atoms with Gasteiger partial charge in [-0.3, -0.25) is 9.52 Å². The third kappa shape index (κ3) is 5.40. The maximum absolute atomic E-state index is 12.6. The topological polar surface area (TPSA) is 75.3 Å². The summed E-state index contributed by atoms with van der Waals surface area (Å²) in [5.41, 5.74) is 1.83. The largest absolute Gasteiger partial charge is 0.326 e. The van der Waals surface area contributed by atoms with Crippen molar-refractivity contribution >= 4 is 61.3 Å². The summed E-state index contributed by atoms with van der Waals surface area (Å²) in [5.74, 6) is -0.165. The fourth-order valence-corrected chi connectivity index (χ4v) is 5.03. The van der Waals surface area contributed by atoms with Crippen molar-refractivity contribution in [1.29, 1.82) is 0 Å². The van der Waals surface area contributed by atoms with Gasteiger partial charge in [0.2, 0.25) is 5.91 Å². The summed E-state index contributed by atoms with van der Waals surface area (Å²) < 4.78 is 27.6. The van der Waals surface area contributed by atoms with E-state index in [1.165, 1.54) is 18.2 Å². The summed E-state index contributed by atoms with van der Waals surface area (Å²) in [6, 6.07) is 24.4. The number of fused-ring (bicyclic) bond motifs is 1. The normalized spacial score (nSPS) is 11.3. The highest BCUT2D eigenvalue weighted by atomic mass is 35.5. The highest BCUT2D eigenvalue weighted by Crippen LogP contribution is 2.24. The van der Waals surface area contributed by atoms with Gasteiger partial charge < -0.3 is 5.32 Å². The number of nitrogens with one attached hydrogen (secondary N) is 2. The number of hydrogen-bond donors (Lipinski definition) is 2. The van der Waals surface area contributed by atoms with Crippen molar-refractivity contribution in [1.82, 2.24) is 0 Å². The quantitative estimate of drug-likeness (QED) is 0.345. The van der Waals surface area contributed by atoms with Crippen LogP contribution in [0, 0.1) is 0 Å².